The number of rotatable bonds is 5. The number of aromatic nitrogens is 3. The van der Waals surface area contributed by atoms with Gasteiger partial charge in [-0.1, -0.05) is 31.5 Å². The molecule has 0 amide bonds. The van der Waals surface area contributed by atoms with E-state index in [2.05, 4.69) is 37.0 Å². The van der Waals surface area contributed by atoms with Crippen molar-refractivity contribution in [2.75, 3.05) is 42.3 Å². The maximum Gasteiger partial charge on any atom is 0.232 e. The second-order valence-electron chi connectivity index (χ2n) is 6.91. The van der Waals surface area contributed by atoms with Gasteiger partial charge in [-0.2, -0.15) is 15.0 Å². The molecule has 2 aliphatic rings. The molecule has 0 saturated carbocycles. The van der Waals surface area contributed by atoms with Crippen LogP contribution in [0.5, 0.6) is 0 Å². The number of nitrogens with one attached hydrogen (secondary N) is 2. The molecule has 2 fully saturated rings. The van der Waals surface area contributed by atoms with Gasteiger partial charge in [-0.15, -0.1) is 0 Å². The molecule has 1 atom stereocenters. The van der Waals surface area contributed by atoms with Gasteiger partial charge in [0.2, 0.25) is 17.8 Å². The van der Waals surface area contributed by atoms with Crippen molar-refractivity contribution in [3.05, 3.63) is 0 Å². The first kappa shape index (κ1) is 15.5. The summed E-state index contributed by atoms with van der Waals surface area (Å²) in [6, 6.07) is 3.31. The van der Waals surface area contributed by atoms with E-state index in [1.807, 2.05) is 7.05 Å². The van der Waals surface area contributed by atoms with Gasteiger partial charge in [-0.05, 0) is 13.5 Å². The highest BCUT2D eigenvalue weighted by molar-refractivity contribution is 6.79. The number of likely N-dealkylation sites (N-methyl/N-ethyl adjacent to an activating group) is 1. The Labute approximate surface area is 133 Å². The van der Waals surface area contributed by atoms with Crippen molar-refractivity contribution in [3.8, 4) is 0 Å². The summed E-state index contributed by atoms with van der Waals surface area (Å²) >= 11 is 0. The van der Waals surface area contributed by atoms with Gasteiger partial charge >= 0.3 is 0 Å². The van der Waals surface area contributed by atoms with Gasteiger partial charge in [0, 0.05) is 25.3 Å². The summed E-state index contributed by atoms with van der Waals surface area (Å²) in [7, 11) is 0.868. The van der Waals surface area contributed by atoms with Crippen LogP contribution in [0.1, 0.15) is 19.3 Å². The molecule has 4 N–H and O–H groups in total. The van der Waals surface area contributed by atoms with Crippen molar-refractivity contribution in [2.45, 2.75) is 43.9 Å². The minimum absolute atomic E-state index is 0.304. The Bertz CT molecular complexity index is 518. The Balaban J connectivity index is 1.67. The first-order chi connectivity index (χ1) is 10.6. The summed E-state index contributed by atoms with van der Waals surface area (Å²) in [5, 5.41) is 6.74. The third-order valence-corrected chi connectivity index (χ3v) is 9.16. The zero-order chi connectivity index (χ0) is 15.6. The van der Waals surface area contributed by atoms with Crippen LogP contribution in [0.4, 0.5) is 17.8 Å². The predicted molar refractivity (Wildman–Crippen MR) is 92.9 cm³/mol. The molecule has 3 rings (SSSR count). The van der Waals surface area contributed by atoms with E-state index in [4.69, 9.17) is 5.73 Å². The SMILES string of the molecule is CN[C@@H]1CCN(c2nc(N)nc(NC[Si]3(C)CCCC3)n2)C1. The van der Waals surface area contributed by atoms with E-state index in [1.165, 1.54) is 24.9 Å². The number of hydrogen-bond acceptors (Lipinski definition) is 7. The van der Waals surface area contributed by atoms with Crippen LogP contribution in [0, 0.1) is 0 Å². The fraction of sp³-hybridized carbons (Fsp3) is 0.786. The predicted octanol–water partition coefficient (Wildman–Crippen LogP) is 1.08. The zero-order valence-corrected chi connectivity index (χ0v) is 14.6. The van der Waals surface area contributed by atoms with Crippen molar-refractivity contribution in [1.82, 2.24) is 20.3 Å². The van der Waals surface area contributed by atoms with Crippen LogP contribution in [-0.4, -0.2) is 55.4 Å². The minimum atomic E-state index is -1.13. The van der Waals surface area contributed by atoms with E-state index in [9.17, 15) is 0 Å². The average molecular weight is 322 g/mol. The normalized spacial score (nSPS) is 23.9. The van der Waals surface area contributed by atoms with E-state index in [1.54, 1.807) is 0 Å². The number of nitrogen functional groups attached to an aromatic ring is 1. The largest absolute Gasteiger partial charge is 0.368 e. The first-order valence-corrected chi connectivity index (χ1v) is 11.4. The van der Waals surface area contributed by atoms with Gasteiger partial charge in [-0.3, -0.25) is 0 Å². The lowest BCUT2D eigenvalue weighted by Gasteiger charge is -2.22. The van der Waals surface area contributed by atoms with E-state index in [-0.39, 0.29) is 0 Å². The molecule has 0 bridgehead atoms. The summed E-state index contributed by atoms with van der Waals surface area (Å²) in [5.41, 5.74) is 5.88. The minimum Gasteiger partial charge on any atom is -0.368 e. The van der Waals surface area contributed by atoms with Crippen LogP contribution in [-0.2, 0) is 0 Å². The zero-order valence-electron chi connectivity index (χ0n) is 13.6. The smallest absolute Gasteiger partial charge is 0.232 e. The molecule has 2 saturated heterocycles. The van der Waals surface area contributed by atoms with E-state index in [0.717, 1.165) is 25.7 Å². The van der Waals surface area contributed by atoms with Crippen LogP contribution in [0.2, 0.25) is 18.6 Å². The second kappa shape index (κ2) is 6.37. The van der Waals surface area contributed by atoms with Crippen LogP contribution in [0.3, 0.4) is 0 Å². The highest BCUT2D eigenvalue weighted by atomic mass is 28.3. The molecule has 122 valence electrons. The molecule has 0 radical (unpaired) electrons. The molecule has 1 aromatic rings. The van der Waals surface area contributed by atoms with Gasteiger partial charge < -0.3 is 21.3 Å². The second-order valence-corrected chi connectivity index (χ2v) is 11.9. The number of nitrogens with two attached hydrogens (primary N) is 1. The Kier molecular flexibility index (Phi) is 4.48. The third-order valence-electron chi connectivity index (χ3n) is 5.00. The van der Waals surface area contributed by atoms with Gasteiger partial charge in [0.05, 0.1) is 8.07 Å². The fourth-order valence-corrected chi connectivity index (χ4v) is 6.87. The van der Waals surface area contributed by atoms with Crippen molar-refractivity contribution in [2.24, 2.45) is 0 Å². The van der Waals surface area contributed by atoms with Crippen LogP contribution >= 0.6 is 0 Å². The Morgan fingerprint density at radius 3 is 2.73 bits per heavy atom. The highest BCUT2D eigenvalue weighted by Gasteiger charge is 2.31. The molecular formula is C14H27N7Si. The molecule has 2 aliphatic heterocycles. The fourth-order valence-electron chi connectivity index (χ4n) is 3.48. The monoisotopic (exact) mass is 321 g/mol. The topological polar surface area (TPSA) is 92.0 Å². The quantitative estimate of drug-likeness (QED) is 0.699. The molecule has 22 heavy (non-hydrogen) atoms. The standard InChI is InChI=1S/C14H27N7Si/c1-16-11-5-6-21(9-11)14-19-12(15)18-13(20-14)17-10-22(2)7-3-4-8-22/h11,16H,3-10H2,1-2H3,(H3,15,17,18,19,20)/t11-/m1/s1. The average Bonchev–Trinajstić information content (AvgIpc) is 3.14. The van der Waals surface area contributed by atoms with Crippen LogP contribution < -0.4 is 21.3 Å². The van der Waals surface area contributed by atoms with Gasteiger partial charge in [0.1, 0.15) is 0 Å². The van der Waals surface area contributed by atoms with E-state index < -0.39 is 8.07 Å². The molecule has 0 spiro atoms. The molecule has 7 nitrogen and oxygen atoms in total. The van der Waals surface area contributed by atoms with Crippen LogP contribution in [0.15, 0.2) is 0 Å². The maximum absolute atomic E-state index is 5.88. The molecule has 8 heteroatoms. The van der Waals surface area contributed by atoms with Gasteiger partial charge in [0.25, 0.3) is 0 Å². The number of nitrogens with zero attached hydrogens (tertiary/aromatic N) is 4. The molecule has 1 aromatic heterocycles. The van der Waals surface area contributed by atoms with E-state index >= 15 is 0 Å². The van der Waals surface area contributed by atoms with Crippen molar-refractivity contribution in [3.63, 3.8) is 0 Å². The maximum atomic E-state index is 5.88. The summed E-state index contributed by atoms with van der Waals surface area (Å²) in [6.07, 6.45) is 4.91. The summed E-state index contributed by atoms with van der Waals surface area (Å²) < 4.78 is 0. The van der Waals surface area contributed by atoms with Gasteiger partial charge in [0.15, 0.2) is 0 Å². The van der Waals surface area contributed by atoms with Crippen LogP contribution in [0.25, 0.3) is 0 Å². The number of anilines is 3. The molecule has 0 aliphatic carbocycles. The Hall–Kier alpha value is -1.41. The molecule has 0 aromatic carbocycles. The summed E-state index contributed by atoms with van der Waals surface area (Å²) in [6.45, 7) is 4.35. The third kappa shape index (κ3) is 3.49. The lowest BCUT2D eigenvalue weighted by molar-refractivity contribution is 0.616. The Morgan fingerprint density at radius 2 is 2.05 bits per heavy atom. The number of hydrogen-bond donors (Lipinski definition) is 3. The first-order valence-electron chi connectivity index (χ1n) is 8.26. The molecule has 3 heterocycles. The van der Waals surface area contributed by atoms with Crippen molar-refractivity contribution < 1.29 is 0 Å². The molecule has 0 unspecified atom stereocenters. The van der Waals surface area contributed by atoms with Gasteiger partial charge in [-0.25, -0.2) is 0 Å². The van der Waals surface area contributed by atoms with E-state index in [0.29, 0.717) is 23.9 Å². The summed E-state index contributed by atoms with van der Waals surface area (Å²) in [5.74, 6) is 1.64. The molecular weight excluding hydrogens is 294 g/mol. The lowest BCUT2D eigenvalue weighted by Crippen LogP contribution is -2.36. The highest BCUT2D eigenvalue weighted by Crippen LogP contribution is 2.29. The van der Waals surface area contributed by atoms with Crippen molar-refractivity contribution >= 4 is 25.9 Å². The summed E-state index contributed by atoms with van der Waals surface area (Å²) in [4.78, 5) is 15.3. The van der Waals surface area contributed by atoms with Crippen molar-refractivity contribution in [1.29, 1.82) is 0 Å². The lowest BCUT2D eigenvalue weighted by atomic mass is 10.3. The Morgan fingerprint density at radius 1 is 1.27 bits per heavy atom.